The first-order valence-electron chi connectivity index (χ1n) is 8.66. The Balaban J connectivity index is 1.82. The van der Waals surface area contributed by atoms with Gasteiger partial charge in [0.1, 0.15) is 0 Å². The lowest BCUT2D eigenvalue weighted by Crippen LogP contribution is -2.41. The molecule has 0 atom stereocenters. The van der Waals surface area contributed by atoms with Crippen LogP contribution in [-0.4, -0.2) is 20.6 Å². The van der Waals surface area contributed by atoms with Crippen molar-refractivity contribution in [2.75, 3.05) is 0 Å². The molecule has 0 fully saturated rings. The Bertz CT molecular complexity index is 1270. The van der Waals surface area contributed by atoms with Crippen LogP contribution in [0.1, 0.15) is 21.5 Å². The number of aromatic amines is 1. The molecule has 29 heavy (non-hydrogen) atoms. The SMILES string of the molecule is C=c1[nH]n(-c2ccc(C)c(C)c2)c(=O)c1=CNNC(=O)c1cccc([N+](=O)[O-])c1. The number of carbonyl (C=O) groups excluding carboxylic acids is 1. The van der Waals surface area contributed by atoms with Crippen molar-refractivity contribution < 1.29 is 9.72 Å². The highest BCUT2D eigenvalue weighted by Crippen LogP contribution is 2.13. The second kappa shape index (κ2) is 7.85. The zero-order valence-electron chi connectivity index (χ0n) is 15.9. The summed E-state index contributed by atoms with van der Waals surface area (Å²) in [5.41, 5.74) is 7.33. The number of H-pyrrole nitrogens is 1. The van der Waals surface area contributed by atoms with E-state index in [9.17, 15) is 19.7 Å². The van der Waals surface area contributed by atoms with Crippen molar-refractivity contribution in [2.45, 2.75) is 13.8 Å². The summed E-state index contributed by atoms with van der Waals surface area (Å²) in [5, 5.41) is 14.3. The van der Waals surface area contributed by atoms with Crippen molar-refractivity contribution in [3.05, 3.63) is 90.2 Å². The van der Waals surface area contributed by atoms with Crippen LogP contribution < -0.4 is 27.0 Å². The number of nitrogens with zero attached hydrogens (tertiary/aromatic N) is 2. The van der Waals surface area contributed by atoms with Crippen LogP contribution in [0.4, 0.5) is 5.69 Å². The maximum Gasteiger partial charge on any atom is 0.280 e. The minimum Gasteiger partial charge on any atom is -0.305 e. The van der Waals surface area contributed by atoms with E-state index in [2.05, 4.69) is 22.5 Å². The number of carbonyl (C=O) groups is 1. The number of nitro benzene ring substituents is 1. The van der Waals surface area contributed by atoms with Gasteiger partial charge in [-0.2, -0.15) is 0 Å². The lowest BCUT2D eigenvalue weighted by molar-refractivity contribution is -0.384. The van der Waals surface area contributed by atoms with Gasteiger partial charge in [0.2, 0.25) is 0 Å². The molecule has 0 spiro atoms. The van der Waals surface area contributed by atoms with Crippen molar-refractivity contribution >= 4 is 24.4 Å². The number of hydrogen-bond acceptors (Lipinski definition) is 5. The zero-order valence-corrected chi connectivity index (χ0v) is 15.9. The van der Waals surface area contributed by atoms with Gasteiger partial charge in [-0.3, -0.25) is 30.2 Å². The summed E-state index contributed by atoms with van der Waals surface area (Å²) in [6.07, 6.45) is 1.31. The van der Waals surface area contributed by atoms with Crippen LogP contribution in [0.5, 0.6) is 0 Å². The first-order valence-corrected chi connectivity index (χ1v) is 8.66. The normalized spacial score (nSPS) is 11.3. The number of aryl methyl sites for hydroxylation is 2. The fraction of sp³-hybridized carbons (Fsp3) is 0.100. The lowest BCUT2D eigenvalue weighted by atomic mass is 10.1. The molecule has 0 saturated heterocycles. The minimum absolute atomic E-state index is 0.108. The first-order chi connectivity index (χ1) is 13.8. The largest absolute Gasteiger partial charge is 0.305 e. The Morgan fingerprint density at radius 2 is 1.97 bits per heavy atom. The van der Waals surface area contributed by atoms with Gasteiger partial charge >= 0.3 is 0 Å². The predicted octanol–water partition coefficient (Wildman–Crippen LogP) is 0.774. The van der Waals surface area contributed by atoms with Gasteiger partial charge in [-0.1, -0.05) is 18.7 Å². The summed E-state index contributed by atoms with van der Waals surface area (Å²) >= 11 is 0. The van der Waals surface area contributed by atoms with Crippen molar-refractivity contribution in [1.82, 2.24) is 20.6 Å². The molecule has 1 aromatic heterocycles. The topological polar surface area (TPSA) is 122 Å². The maximum atomic E-state index is 12.7. The van der Waals surface area contributed by atoms with Gasteiger partial charge in [0.05, 0.1) is 21.2 Å². The average molecular weight is 393 g/mol. The quantitative estimate of drug-likeness (QED) is 0.437. The molecule has 3 N–H and O–H groups in total. The van der Waals surface area contributed by atoms with E-state index in [1.165, 1.54) is 29.1 Å². The smallest absolute Gasteiger partial charge is 0.280 e. The maximum absolute atomic E-state index is 12.7. The zero-order chi connectivity index (χ0) is 21.1. The molecule has 9 nitrogen and oxygen atoms in total. The number of aromatic nitrogens is 2. The summed E-state index contributed by atoms with van der Waals surface area (Å²) in [7, 11) is 0. The van der Waals surface area contributed by atoms with Gasteiger partial charge in [0.25, 0.3) is 17.2 Å². The highest BCUT2D eigenvalue weighted by atomic mass is 16.6. The fourth-order valence-corrected chi connectivity index (χ4v) is 2.70. The van der Waals surface area contributed by atoms with E-state index in [1.54, 1.807) is 0 Å². The third-order valence-corrected chi connectivity index (χ3v) is 4.48. The number of nitro groups is 1. The van der Waals surface area contributed by atoms with Gasteiger partial charge in [-0.15, -0.1) is 0 Å². The van der Waals surface area contributed by atoms with E-state index in [4.69, 9.17) is 0 Å². The summed E-state index contributed by atoms with van der Waals surface area (Å²) in [6, 6.07) is 10.9. The number of amides is 1. The number of benzene rings is 2. The number of nitrogens with one attached hydrogen (secondary N) is 3. The summed E-state index contributed by atoms with van der Waals surface area (Å²) in [6.45, 7) is 7.76. The van der Waals surface area contributed by atoms with E-state index >= 15 is 0 Å². The van der Waals surface area contributed by atoms with Crippen molar-refractivity contribution in [1.29, 1.82) is 0 Å². The van der Waals surface area contributed by atoms with E-state index in [0.717, 1.165) is 17.2 Å². The Labute approximate surface area is 165 Å². The third kappa shape index (κ3) is 4.08. The standard InChI is InChI=1S/C20H19N5O4/c1-12-7-8-16(9-13(12)2)24-20(27)18(14(3)23-24)11-21-22-19(26)15-5-4-6-17(10-15)25(28)29/h4-11,21,23H,3H2,1-2H3,(H,22,26). The molecule has 0 aliphatic heterocycles. The summed E-state index contributed by atoms with van der Waals surface area (Å²) < 4.78 is 1.37. The average Bonchev–Trinajstić information content (AvgIpc) is 2.98. The molecule has 9 heteroatoms. The molecule has 1 heterocycles. The second-order valence-electron chi connectivity index (χ2n) is 6.46. The first kappa shape index (κ1) is 19.6. The highest BCUT2D eigenvalue weighted by molar-refractivity contribution is 5.94. The lowest BCUT2D eigenvalue weighted by Gasteiger charge is -2.05. The summed E-state index contributed by atoms with van der Waals surface area (Å²) in [5.74, 6) is -0.583. The molecule has 148 valence electrons. The molecule has 0 saturated carbocycles. The van der Waals surface area contributed by atoms with Crippen LogP contribution in [0.2, 0.25) is 0 Å². The van der Waals surface area contributed by atoms with Gasteiger partial charge in [-0.25, -0.2) is 4.68 Å². The highest BCUT2D eigenvalue weighted by Gasteiger charge is 2.11. The van der Waals surface area contributed by atoms with Crippen molar-refractivity contribution in [3.63, 3.8) is 0 Å². The van der Waals surface area contributed by atoms with Gasteiger partial charge in [-0.05, 0) is 43.2 Å². The molecule has 0 unspecified atom stereocenters. The number of hydrogen-bond donors (Lipinski definition) is 3. The molecular formula is C20H19N5O4. The Morgan fingerprint density at radius 3 is 2.66 bits per heavy atom. The van der Waals surface area contributed by atoms with Crippen LogP contribution in [0.15, 0.2) is 47.3 Å². The Hall–Kier alpha value is -4.14. The van der Waals surface area contributed by atoms with Crippen LogP contribution in [0.25, 0.3) is 18.5 Å². The van der Waals surface area contributed by atoms with Crippen LogP contribution in [-0.2, 0) is 0 Å². The van der Waals surface area contributed by atoms with Crippen LogP contribution >= 0.6 is 0 Å². The van der Waals surface area contributed by atoms with Crippen molar-refractivity contribution in [2.24, 2.45) is 0 Å². The molecule has 2 aromatic carbocycles. The van der Waals surface area contributed by atoms with Crippen molar-refractivity contribution in [3.8, 4) is 5.69 Å². The molecule has 3 aromatic rings. The molecule has 3 rings (SSSR count). The van der Waals surface area contributed by atoms with Gasteiger partial charge in [0, 0.05) is 23.9 Å². The predicted molar refractivity (Wildman–Crippen MR) is 109 cm³/mol. The third-order valence-electron chi connectivity index (χ3n) is 4.48. The van der Waals surface area contributed by atoms with E-state index in [0.29, 0.717) is 11.0 Å². The van der Waals surface area contributed by atoms with E-state index in [1.807, 2.05) is 32.0 Å². The number of hydrazine groups is 1. The molecule has 1 amide bonds. The van der Waals surface area contributed by atoms with Crippen LogP contribution in [0.3, 0.4) is 0 Å². The Morgan fingerprint density at radius 1 is 1.21 bits per heavy atom. The number of rotatable bonds is 5. The molecular weight excluding hydrogens is 374 g/mol. The summed E-state index contributed by atoms with van der Waals surface area (Å²) in [4.78, 5) is 35.1. The Kier molecular flexibility index (Phi) is 5.31. The monoisotopic (exact) mass is 393 g/mol. The molecule has 0 aliphatic carbocycles. The van der Waals surface area contributed by atoms with E-state index in [-0.39, 0.29) is 22.0 Å². The van der Waals surface area contributed by atoms with Crippen LogP contribution in [0, 0.1) is 24.0 Å². The molecule has 0 bridgehead atoms. The second-order valence-corrected chi connectivity index (χ2v) is 6.46. The molecule has 0 aliphatic rings. The van der Waals surface area contributed by atoms with E-state index < -0.39 is 10.8 Å². The van der Waals surface area contributed by atoms with Gasteiger partial charge < -0.3 is 5.43 Å². The fourth-order valence-electron chi connectivity index (χ4n) is 2.70. The number of non-ortho nitro benzene ring substituents is 1. The minimum atomic E-state index is -0.583. The molecule has 0 radical (unpaired) electrons. The van der Waals surface area contributed by atoms with Gasteiger partial charge in [0.15, 0.2) is 0 Å².